The molecule has 0 aliphatic rings. The van der Waals surface area contributed by atoms with E-state index in [4.69, 9.17) is 0 Å². The van der Waals surface area contributed by atoms with E-state index in [1.54, 1.807) is 0 Å². The molecule has 7 heteroatoms. The van der Waals surface area contributed by atoms with E-state index in [-0.39, 0.29) is 12.6 Å². The summed E-state index contributed by atoms with van der Waals surface area (Å²) in [5, 5.41) is 6.82. The minimum absolute atomic E-state index is 0.147. The van der Waals surface area contributed by atoms with Crippen LogP contribution in [0.4, 0.5) is 0 Å². The summed E-state index contributed by atoms with van der Waals surface area (Å²) in [7, 11) is -3.60. The van der Waals surface area contributed by atoms with Crippen LogP contribution < -0.4 is 10.5 Å². The van der Waals surface area contributed by atoms with Crippen molar-refractivity contribution in [1.29, 1.82) is 0 Å². The zero-order valence-electron chi connectivity index (χ0n) is 6.03. The average molecular weight is 182 g/mol. The monoisotopic (exact) mass is 182 g/mol. The maximum Gasteiger partial charge on any atom is 0.233 e. The molecule has 0 aliphatic carbocycles. The molecule has 0 radical (unpaired) electrons. The summed E-state index contributed by atoms with van der Waals surface area (Å²) in [4.78, 5) is 10.2. The van der Waals surface area contributed by atoms with Gasteiger partial charge in [-0.2, -0.15) is 0 Å². The lowest BCUT2D eigenvalue weighted by atomic mass is 10.7. The molecule has 0 fully saturated rings. The fourth-order valence-electron chi connectivity index (χ4n) is 0.310. The molecule has 3 N–H and O–H groups in total. The number of rotatable bonds is 4. The molecule has 0 aliphatic heterocycles. The maximum atomic E-state index is 10.2. The molecule has 0 bridgehead atoms. The van der Waals surface area contributed by atoms with Crippen LogP contribution in [0.2, 0.25) is 0 Å². The highest BCUT2D eigenvalue weighted by Crippen LogP contribution is 1.77. The molecular weight excluding hydrogens is 172 g/mol. The Hall–Kier alpha value is -0.660. The molecule has 0 aromatic heterocycles. The fraction of sp³-hybridized carbons (Fsp3) is 0.750. The van der Waals surface area contributed by atoms with E-state index in [0.29, 0.717) is 0 Å². The molecule has 0 saturated carbocycles. The molecule has 0 unspecified atom stereocenters. The maximum absolute atomic E-state index is 10.2. The standard InChI is InChI=1S/C4H10N2O4S/c1-4(7)6-2-10-3-11(5,8)9/h2-3H2,1H3,(H,6,7)(H2,5,8,9). The van der Waals surface area contributed by atoms with Crippen molar-refractivity contribution in [3.63, 3.8) is 0 Å². The van der Waals surface area contributed by atoms with Gasteiger partial charge in [-0.05, 0) is 0 Å². The lowest BCUT2D eigenvalue weighted by molar-refractivity contribution is -0.120. The highest BCUT2D eigenvalue weighted by molar-refractivity contribution is 7.88. The zero-order valence-corrected chi connectivity index (χ0v) is 6.85. The Balaban J connectivity index is 3.37. The molecule has 0 aromatic carbocycles. The molecule has 0 atom stereocenters. The SMILES string of the molecule is CC(=O)NCOCS(N)(=O)=O. The number of nitrogens with one attached hydrogen (secondary N) is 1. The Morgan fingerprint density at radius 1 is 1.64 bits per heavy atom. The van der Waals surface area contributed by atoms with E-state index in [1.165, 1.54) is 6.92 Å². The lowest BCUT2D eigenvalue weighted by Gasteiger charge is -2.01. The van der Waals surface area contributed by atoms with Gasteiger partial charge in [0, 0.05) is 6.92 Å². The summed E-state index contributed by atoms with van der Waals surface area (Å²) in [6, 6.07) is 0. The fourth-order valence-corrected chi connectivity index (χ4v) is 0.626. The Labute approximate surface area is 64.8 Å². The predicted molar refractivity (Wildman–Crippen MR) is 37.7 cm³/mol. The van der Waals surface area contributed by atoms with Gasteiger partial charge in [0.25, 0.3) is 0 Å². The molecule has 6 nitrogen and oxygen atoms in total. The Morgan fingerprint density at radius 3 is 2.55 bits per heavy atom. The molecule has 11 heavy (non-hydrogen) atoms. The van der Waals surface area contributed by atoms with E-state index >= 15 is 0 Å². The number of ether oxygens (including phenoxy) is 1. The van der Waals surface area contributed by atoms with E-state index < -0.39 is 16.0 Å². The number of hydrogen-bond donors (Lipinski definition) is 2. The van der Waals surface area contributed by atoms with Crippen LogP contribution in [0.1, 0.15) is 6.92 Å². The minimum atomic E-state index is -3.60. The average Bonchev–Trinajstić information content (AvgIpc) is 1.78. The van der Waals surface area contributed by atoms with Crippen molar-refractivity contribution in [2.75, 3.05) is 12.7 Å². The first-order valence-corrected chi connectivity index (χ1v) is 4.46. The Kier molecular flexibility index (Phi) is 4.01. The molecule has 66 valence electrons. The summed E-state index contributed by atoms with van der Waals surface area (Å²) >= 11 is 0. The van der Waals surface area contributed by atoms with Gasteiger partial charge >= 0.3 is 0 Å². The van der Waals surface area contributed by atoms with Gasteiger partial charge in [0.1, 0.15) is 6.73 Å². The van der Waals surface area contributed by atoms with Crippen LogP contribution in [-0.4, -0.2) is 27.0 Å². The first-order valence-electron chi connectivity index (χ1n) is 2.74. The van der Waals surface area contributed by atoms with E-state index in [9.17, 15) is 13.2 Å². The van der Waals surface area contributed by atoms with Crippen LogP contribution in [0.3, 0.4) is 0 Å². The third-order valence-electron chi connectivity index (χ3n) is 0.671. The van der Waals surface area contributed by atoms with Crippen molar-refractivity contribution < 1.29 is 17.9 Å². The van der Waals surface area contributed by atoms with Crippen molar-refractivity contribution in [3.8, 4) is 0 Å². The highest BCUT2D eigenvalue weighted by Gasteiger charge is 2.00. The van der Waals surface area contributed by atoms with Crippen LogP contribution in [0.25, 0.3) is 0 Å². The smallest absolute Gasteiger partial charge is 0.233 e. The zero-order chi connectivity index (χ0) is 8.91. The van der Waals surface area contributed by atoms with E-state index in [0.717, 1.165) is 0 Å². The highest BCUT2D eigenvalue weighted by atomic mass is 32.2. The first-order chi connectivity index (χ1) is 4.92. The number of carbonyl (C=O) groups excluding carboxylic acids is 1. The topological polar surface area (TPSA) is 98.5 Å². The van der Waals surface area contributed by atoms with Gasteiger partial charge in [0.15, 0.2) is 5.94 Å². The van der Waals surface area contributed by atoms with E-state index in [2.05, 4.69) is 15.2 Å². The summed E-state index contributed by atoms with van der Waals surface area (Å²) in [6.45, 7) is 1.14. The number of hydrogen-bond acceptors (Lipinski definition) is 4. The second-order valence-corrected chi connectivity index (χ2v) is 3.42. The Morgan fingerprint density at radius 2 is 2.18 bits per heavy atom. The summed E-state index contributed by atoms with van der Waals surface area (Å²) < 4.78 is 24.9. The second kappa shape index (κ2) is 4.27. The normalized spacial score (nSPS) is 11.1. The summed E-state index contributed by atoms with van der Waals surface area (Å²) in [5.41, 5.74) is 0. The lowest BCUT2D eigenvalue weighted by Crippen LogP contribution is -2.27. The van der Waals surface area contributed by atoms with Crippen molar-refractivity contribution >= 4 is 15.9 Å². The van der Waals surface area contributed by atoms with Crippen molar-refractivity contribution in [2.45, 2.75) is 6.92 Å². The Bertz CT molecular complexity index is 222. The van der Waals surface area contributed by atoms with Crippen LogP contribution in [-0.2, 0) is 19.6 Å². The van der Waals surface area contributed by atoms with Gasteiger partial charge in [-0.25, -0.2) is 13.6 Å². The van der Waals surface area contributed by atoms with Crippen LogP contribution in [0, 0.1) is 0 Å². The summed E-state index contributed by atoms with van der Waals surface area (Å²) in [5.74, 6) is -0.882. The van der Waals surface area contributed by atoms with Crippen LogP contribution >= 0.6 is 0 Å². The van der Waals surface area contributed by atoms with Gasteiger partial charge in [-0.1, -0.05) is 0 Å². The van der Waals surface area contributed by atoms with Crippen molar-refractivity contribution in [2.24, 2.45) is 5.14 Å². The summed E-state index contributed by atoms with van der Waals surface area (Å²) in [6.07, 6.45) is 0. The third-order valence-corrected chi connectivity index (χ3v) is 1.17. The number of amides is 1. The van der Waals surface area contributed by atoms with Crippen LogP contribution in [0.15, 0.2) is 0 Å². The van der Waals surface area contributed by atoms with Gasteiger partial charge < -0.3 is 10.1 Å². The third kappa shape index (κ3) is 9.34. The van der Waals surface area contributed by atoms with Crippen molar-refractivity contribution in [1.82, 2.24) is 5.32 Å². The quantitative estimate of drug-likeness (QED) is 0.401. The molecule has 0 saturated heterocycles. The molecule has 0 aromatic rings. The van der Waals surface area contributed by atoms with Gasteiger partial charge in [-0.3, -0.25) is 4.79 Å². The van der Waals surface area contributed by atoms with Crippen molar-refractivity contribution in [3.05, 3.63) is 0 Å². The number of primary sulfonamides is 1. The molecule has 0 spiro atoms. The predicted octanol–water partition coefficient (Wildman–Crippen LogP) is -1.66. The number of carbonyl (C=O) groups is 1. The number of nitrogens with two attached hydrogens (primary N) is 1. The first kappa shape index (κ1) is 10.3. The molecule has 1 amide bonds. The molecule has 0 rings (SSSR count). The van der Waals surface area contributed by atoms with Gasteiger partial charge in [0.05, 0.1) is 0 Å². The van der Waals surface area contributed by atoms with Gasteiger partial charge in [0.2, 0.25) is 15.9 Å². The largest absolute Gasteiger partial charge is 0.344 e. The molecular formula is C4H10N2O4S. The number of sulfonamides is 1. The van der Waals surface area contributed by atoms with E-state index in [1.807, 2.05) is 0 Å². The second-order valence-electron chi connectivity index (χ2n) is 1.86. The minimum Gasteiger partial charge on any atom is -0.344 e. The molecule has 0 heterocycles. The van der Waals surface area contributed by atoms with Crippen LogP contribution in [0.5, 0.6) is 0 Å². The van der Waals surface area contributed by atoms with Gasteiger partial charge in [-0.15, -0.1) is 0 Å².